The van der Waals surface area contributed by atoms with Crippen LogP contribution in [0.4, 0.5) is 5.95 Å². The molecule has 2 unspecified atom stereocenters. The average Bonchev–Trinajstić information content (AvgIpc) is 3.30. The van der Waals surface area contributed by atoms with Crippen molar-refractivity contribution in [1.82, 2.24) is 19.9 Å². The van der Waals surface area contributed by atoms with Gasteiger partial charge in [0.15, 0.2) is 0 Å². The topological polar surface area (TPSA) is 57.7 Å². The minimum absolute atomic E-state index is 0.661. The lowest BCUT2D eigenvalue weighted by Gasteiger charge is -2.26. The lowest BCUT2D eigenvalue weighted by atomic mass is 10.1. The molecule has 2 atom stereocenters. The highest BCUT2D eigenvalue weighted by atomic mass is 15.3. The summed E-state index contributed by atoms with van der Waals surface area (Å²) in [5.41, 5.74) is 2.99. The Morgan fingerprint density at radius 1 is 1.05 bits per heavy atom. The van der Waals surface area contributed by atoms with Crippen LogP contribution in [-0.4, -0.2) is 32.5 Å². The SMILES string of the molecule is c1cc2cc(-c3cnc(N4CC5CCC4C5)nc3)cnc2[nH]1. The first-order valence-corrected chi connectivity index (χ1v) is 7.89. The zero-order valence-corrected chi connectivity index (χ0v) is 12.2. The molecule has 22 heavy (non-hydrogen) atoms. The minimum Gasteiger partial charge on any atom is -0.346 e. The molecule has 2 fully saturated rings. The Bertz CT molecular complexity index is 822. The predicted molar refractivity (Wildman–Crippen MR) is 85.6 cm³/mol. The van der Waals surface area contributed by atoms with Crippen molar-refractivity contribution in [3.05, 3.63) is 36.9 Å². The van der Waals surface area contributed by atoms with Crippen molar-refractivity contribution >= 4 is 17.0 Å². The van der Waals surface area contributed by atoms with Crippen molar-refractivity contribution < 1.29 is 0 Å². The van der Waals surface area contributed by atoms with E-state index in [1.165, 1.54) is 19.3 Å². The van der Waals surface area contributed by atoms with Crippen LogP contribution in [0.1, 0.15) is 19.3 Å². The maximum Gasteiger partial charge on any atom is 0.225 e. The molecular weight excluding hydrogens is 274 g/mol. The van der Waals surface area contributed by atoms with E-state index in [0.29, 0.717) is 6.04 Å². The van der Waals surface area contributed by atoms with Crippen molar-refractivity contribution in [2.75, 3.05) is 11.4 Å². The van der Waals surface area contributed by atoms with E-state index in [2.05, 4.69) is 30.9 Å². The molecule has 1 aliphatic carbocycles. The van der Waals surface area contributed by atoms with Gasteiger partial charge in [-0.05, 0) is 37.3 Å². The highest BCUT2D eigenvalue weighted by Crippen LogP contribution is 2.39. The van der Waals surface area contributed by atoms with E-state index >= 15 is 0 Å². The average molecular weight is 291 g/mol. The van der Waals surface area contributed by atoms with E-state index in [4.69, 9.17) is 0 Å². The van der Waals surface area contributed by atoms with Gasteiger partial charge >= 0.3 is 0 Å². The van der Waals surface area contributed by atoms with Gasteiger partial charge in [0.25, 0.3) is 0 Å². The second kappa shape index (κ2) is 4.53. The minimum atomic E-state index is 0.661. The first kappa shape index (κ1) is 12.1. The summed E-state index contributed by atoms with van der Waals surface area (Å²) in [6.45, 7) is 1.13. The molecule has 0 aromatic carbocycles. The van der Waals surface area contributed by atoms with Crippen molar-refractivity contribution in [2.24, 2.45) is 5.92 Å². The summed E-state index contributed by atoms with van der Waals surface area (Å²) in [6.07, 6.45) is 11.6. The van der Waals surface area contributed by atoms with Gasteiger partial charge in [-0.2, -0.15) is 0 Å². The fraction of sp³-hybridized carbons (Fsp3) is 0.353. The fourth-order valence-electron chi connectivity index (χ4n) is 3.89. The Balaban J connectivity index is 1.46. The van der Waals surface area contributed by atoms with Gasteiger partial charge in [0.2, 0.25) is 5.95 Å². The van der Waals surface area contributed by atoms with Crippen molar-refractivity contribution in [3.8, 4) is 11.1 Å². The standard InChI is InChI=1S/C17H17N5/c1-2-15-5-11(1)10-22(15)17-20-8-14(9-21-17)13-6-12-3-4-18-16(12)19-7-13/h3-4,6-9,11,15H,1-2,5,10H2,(H,18,19). The van der Waals surface area contributed by atoms with Crippen LogP contribution >= 0.6 is 0 Å². The summed E-state index contributed by atoms with van der Waals surface area (Å²) in [4.78, 5) is 19.1. The third-order valence-corrected chi connectivity index (χ3v) is 5.04. The van der Waals surface area contributed by atoms with E-state index in [9.17, 15) is 0 Å². The largest absolute Gasteiger partial charge is 0.346 e. The monoisotopic (exact) mass is 291 g/mol. The fourth-order valence-corrected chi connectivity index (χ4v) is 3.89. The second-order valence-corrected chi connectivity index (χ2v) is 6.40. The van der Waals surface area contributed by atoms with Gasteiger partial charge in [-0.15, -0.1) is 0 Å². The van der Waals surface area contributed by atoms with Crippen LogP contribution in [0.2, 0.25) is 0 Å². The van der Waals surface area contributed by atoms with Gasteiger partial charge in [0.1, 0.15) is 5.65 Å². The predicted octanol–water partition coefficient (Wildman–Crippen LogP) is 3.01. The maximum atomic E-state index is 4.60. The van der Waals surface area contributed by atoms with E-state index in [1.54, 1.807) is 0 Å². The molecule has 5 nitrogen and oxygen atoms in total. The lowest BCUT2D eigenvalue weighted by Crippen LogP contribution is -2.33. The molecule has 5 heteroatoms. The number of fused-ring (bicyclic) bond motifs is 3. The Kier molecular flexibility index (Phi) is 2.50. The number of piperidine rings is 1. The molecule has 2 aliphatic rings. The lowest BCUT2D eigenvalue weighted by molar-refractivity contribution is 0.546. The van der Waals surface area contributed by atoms with Crippen LogP contribution in [0.25, 0.3) is 22.2 Å². The van der Waals surface area contributed by atoms with E-state index in [0.717, 1.165) is 40.6 Å². The van der Waals surface area contributed by atoms with Crippen LogP contribution in [0, 0.1) is 5.92 Å². The molecule has 0 radical (unpaired) electrons. The zero-order valence-electron chi connectivity index (χ0n) is 12.2. The van der Waals surface area contributed by atoms with Crippen molar-refractivity contribution in [1.29, 1.82) is 0 Å². The number of aromatic nitrogens is 4. The summed E-state index contributed by atoms with van der Waals surface area (Å²) in [5, 5.41) is 1.11. The number of hydrogen-bond acceptors (Lipinski definition) is 4. The molecule has 1 saturated heterocycles. The van der Waals surface area contributed by atoms with Crippen molar-refractivity contribution in [3.63, 3.8) is 0 Å². The van der Waals surface area contributed by atoms with Crippen LogP contribution < -0.4 is 4.90 Å². The van der Waals surface area contributed by atoms with Gasteiger partial charge < -0.3 is 9.88 Å². The van der Waals surface area contributed by atoms with Gasteiger partial charge in [-0.1, -0.05) is 0 Å². The molecule has 3 aromatic heterocycles. The summed E-state index contributed by atoms with van der Waals surface area (Å²) >= 11 is 0. The molecule has 1 saturated carbocycles. The Hall–Kier alpha value is -2.43. The Morgan fingerprint density at radius 3 is 2.68 bits per heavy atom. The van der Waals surface area contributed by atoms with E-state index in [1.807, 2.05) is 30.9 Å². The molecule has 0 amide bonds. The molecule has 110 valence electrons. The third kappa shape index (κ3) is 1.81. The molecule has 1 N–H and O–H groups in total. The van der Waals surface area contributed by atoms with Gasteiger partial charge in [0.05, 0.1) is 0 Å². The van der Waals surface area contributed by atoms with Crippen LogP contribution in [-0.2, 0) is 0 Å². The number of rotatable bonds is 2. The van der Waals surface area contributed by atoms with Crippen LogP contribution in [0.5, 0.6) is 0 Å². The number of H-pyrrole nitrogens is 1. The Labute approximate surface area is 128 Å². The number of pyridine rings is 1. The highest BCUT2D eigenvalue weighted by molar-refractivity contribution is 5.81. The summed E-state index contributed by atoms with van der Waals surface area (Å²) in [5.74, 6) is 1.74. The first-order chi connectivity index (χ1) is 10.9. The summed E-state index contributed by atoms with van der Waals surface area (Å²) in [7, 11) is 0. The number of anilines is 1. The third-order valence-electron chi connectivity index (χ3n) is 5.04. The molecule has 2 bridgehead atoms. The van der Waals surface area contributed by atoms with Gasteiger partial charge in [-0.25, -0.2) is 15.0 Å². The van der Waals surface area contributed by atoms with E-state index in [-0.39, 0.29) is 0 Å². The maximum absolute atomic E-state index is 4.60. The smallest absolute Gasteiger partial charge is 0.225 e. The molecule has 4 heterocycles. The van der Waals surface area contributed by atoms with Gasteiger partial charge in [0, 0.05) is 53.9 Å². The molecular formula is C17H17N5. The molecule has 1 aliphatic heterocycles. The summed E-state index contributed by atoms with van der Waals surface area (Å²) in [6, 6.07) is 4.81. The number of hydrogen-bond donors (Lipinski definition) is 1. The second-order valence-electron chi connectivity index (χ2n) is 6.40. The first-order valence-electron chi connectivity index (χ1n) is 7.89. The van der Waals surface area contributed by atoms with Crippen molar-refractivity contribution in [2.45, 2.75) is 25.3 Å². The van der Waals surface area contributed by atoms with E-state index < -0.39 is 0 Å². The number of nitrogens with zero attached hydrogens (tertiary/aromatic N) is 4. The normalized spacial score (nSPS) is 23.5. The zero-order chi connectivity index (χ0) is 14.5. The summed E-state index contributed by atoms with van der Waals surface area (Å²) < 4.78 is 0. The molecule has 3 aromatic rings. The van der Waals surface area contributed by atoms with Crippen LogP contribution in [0.3, 0.4) is 0 Å². The van der Waals surface area contributed by atoms with Crippen LogP contribution in [0.15, 0.2) is 36.9 Å². The molecule has 5 rings (SSSR count). The Morgan fingerprint density at radius 2 is 1.91 bits per heavy atom. The number of nitrogens with one attached hydrogen (secondary N) is 1. The quantitative estimate of drug-likeness (QED) is 0.788. The number of aromatic amines is 1. The van der Waals surface area contributed by atoms with Gasteiger partial charge in [-0.3, -0.25) is 0 Å². The molecule has 0 spiro atoms. The highest BCUT2D eigenvalue weighted by Gasteiger charge is 2.38.